The van der Waals surface area contributed by atoms with Gasteiger partial charge in [-0.2, -0.15) is 0 Å². The molecule has 39 heavy (non-hydrogen) atoms. The molecule has 0 fully saturated rings. The molecule has 0 aliphatic carbocycles. The van der Waals surface area contributed by atoms with Gasteiger partial charge in [0.1, 0.15) is 18.4 Å². The molecule has 1 atom stereocenters. The van der Waals surface area contributed by atoms with E-state index in [2.05, 4.69) is 5.32 Å². The van der Waals surface area contributed by atoms with Gasteiger partial charge in [0.05, 0.1) is 20.6 Å². The highest BCUT2D eigenvalue weighted by atomic mass is 35.5. The Kier molecular flexibility index (Phi) is 9.64. The lowest BCUT2D eigenvalue weighted by molar-refractivity contribution is -0.140. The third-order valence-corrected chi connectivity index (χ3v) is 8.25. The van der Waals surface area contributed by atoms with Gasteiger partial charge in [-0.3, -0.25) is 13.9 Å². The molecule has 11 heteroatoms. The number of carbonyl (C=O) groups excluding carboxylic acids is 2. The highest BCUT2D eigenvalue weighted by Crippen LogP contribution is 2.28. The van der Waals surface area contributed by atoms with Crippen molar-refractivity contribution in [1.82, 2.24) is 10.2 Å². The molecule has 0 radical (unpaired) electrons. The quantitative estimate of drug-likeness (QED) is 0.347. The monoisotopic (exact) mass is 593 g/mol. The number of rotatable bonds is 9. The summed E-state index contributed by atoms with van der Waals surface area (Å²) in [7, 11) is -4.36. The van der Waals surface area contributed by atoms with Gasteiger partial charge in [-0.25, -0.2) is 12.8 Å². The van der Waals surface area contributed by atoms with Crippen molar-refractivity contribution in [3.05, 3.63) is 94.2 Å². The van der Waals surface area contributed by atoms with Crippen molar-refractivity contribution < 1.29 is 22.4 Å². The molecule has 0 unspecified atom stereocenters. The van der Waals surface area contributed by atoms with Crippen molar-refractivity contribution in [3.63, 3.8) is 0 Å². The van der Waals surface area contributed by atoms with E-state index in [1.54, 1.807) is 45.0 Å². The topological polar surface area (TPSA) is 86.8 Å². The predicted molar refractivity (Wildman–Crippen MR) is 152 cm³/mol. The number of benzene rings is 3. The van der Waals surface area contributed by atoms with Crippen LogP contribution in [0.3, 0.4) is 0 Å². The van der Waals surface area contributed by atoms with Crippen LogP contribution in [0.2, 0.25) is 10.0 Å². The number of nitrogens with zero attached hydrogens (tertiary/aromatic N) is 2. The number of sulfonamides is 1. The molecule has 208 valence electrons. The summed E-state index contributed by atoms with van der Waals surface area (Å²) in [5.41, 5.74) is -0.313. The Labute approximate surface area is 238 Å². The first-order valence-corrected chi connectivity index (χ1v) is 14.3. The van der Waals surface area contributed by atoms with Crippen molar-refractivity contribution in [1.29, 1.82) is 0 Å². The Morgan fingerprint density at radius 3 is 2.15 bits per heavy atom. The Bertz CT molecular complexity index is 1450. The first-order valence-electron chi connectivity index (χ1n) is 12.1. The fourth-order valence-corrected chi connectivity index (χ4v) is 5.54. The van der Waals surface area contributed by atoms with Gasteiger partial charge in [-0.1, -0.05) is 59.6 Å². The summed E-state index contributed by atoms with van der Waals surface area (Å²) in [6, 6.07) is 16.5. The van der Waals surface area contributed by atoms with Crippen LogP contribution in [0.25, 0.3) is 0 Å². The summed E-state index contributed by atoms with van der Waals surface area (Å²) in [6.45, 7) is 6.10. The molecular weight excluding hydrogens is 564 g/mol. The molecule has 0 saturated heterocycles. The minimum absolute atomic E-state index is 0.0784. The van der Waals surface area contributed by atoms with Crippen molar-refractivity contribution in [2.75, 3.05) is 10.8 Å². The van der Waals surface area contributed by atoms with Gasteiger partial charge in [0.2, 0.25) is 11.8 Å². The molecule has 7 nitrogen and oxygen atoms in total. The van der Waals surface area contributed by atoms with Crippen LogP contribution < -0.4 is 9.62 Å². The van der Waals surface area contributed by atoms with Crippen molar-refractivity contribution in [2.24, 2.45) is 0 Å². The summed E-state index contributed by atoms with van der Waals surface area (Å²) in [4.78, 5) is 28.1. The van der Waals surface area contributed by atoms with E-state index in [0.29, 0.717) is 10.6 Å². The van der Waals surface area contributed by atoms with Crippen molar-refractivity contribution in [2.45, 2.75) is 50.7 Å². The van der Waals surface area contributed by atoms with Crippen LogP contribution in [-0.4, -0.2) is 43.3 Å². The third-order valence-electron chi connectivity index (χ3n) is 5.73. The Hall–Kier alpha value is -3.14. The molecule has 3 aromatic rings. The summed E-state index contributed by atoms with van der Waals surface area (Å²) in [5.74, 6) is -1.99. The predicted octanol–water partition coefficient (Wildman–Crippen LogP) is 5.66. The summed E-state index contributed by atoms with van der Waals surface area (Å²) >= 11 is 12.2. The number of hydrogen-bond donors (Lipinski definition) is 1. The Morgan fingerprint density at radius 1 is 0.949 bits per heavy atom. The Balaban J connectivity index is 2.05. The molecular formula is C28H30Cl2FN3O4S. The van der Waals surface area contributed by atoms with E-state index in [1.807, 2.05) is 0 Å². The number of hydrogen-bond acceptors (Lipinski definition) is 4. The van der Waals surface area contributed by atoms with Gasteiger partial charge >= 0.3 is 0 Å². The van der Waals surface area contributed by atoms with Crippen LogP contribution >= 0.6 is 23.2 Å². The summed E-state index contributed by atoms with van der Waals surface area (Å²) in [6.07, 6.45) is 0. The van der Waals surface area contributed by atoms with E-state index in [0.717, 1.165) is 10.4 Å². The van der Waals surface area contributed by atoms with E-state index in [1.165, 1.54) is 54.3 Å². The zero-order valence-electron chi connectivity index (χ0n) is 22.0. The highest BCUT2D eigenvalue weighted by Gasteiger charge is 2.34. The average Bonchev–Trinajstić information content (AvgIpc) is 2.87. The van der Waals surface area contributed by atoms with Gasteiger partial charge in [0, 0.05) is 12.1 Å². The van der Waals surface area contributed by atoms with Crippen molar-refractivity contribution in [3.8, 4) is 0 Å². The zero-order chi connectivity index (χ0) is 29.0. The molecule has 0 bridgehead atoms. The molecule has 0 spiro atoms. The standard InChI is InChI=1S/C28H30Cl2FN3O4S/c1-19(27(36)32-28(2,3)4)33(17-20-14-15-22(29)23(30)16-20)26(35)18-34(25-13-9-8-12-24(25)31)39(37,38)21-10-6-5-7-11-21/h5-16,19H,17-18H2,1-4H3,(H,32,36)/t19-/m1/s1. The number of amides is 2. The van der Waals surface area contributed by atoms with E-state index in [4.69, 9.17) is 23.2 Å². The van der Waals surface area contributed by atoms with Gasteiger partial charge in [0.15, 0.2) is 0 Å². The largest absolute Gasteiger partial charge is 0.350 e. The molecule has 3 rings (SSSR count). The second kappa shape index (κ2) is 12.4. The molecule has 2 amide bonds. The second-order valence-electron chi connectivity index (χ2n) is 9.96. The first-order chi connectivity index (χ1) is 18.2. The van der Waals surface area contributed by atoms with E-state index in [9.17, 15) is 22.4 Å². The highest BCUT2D eigenvalue weighted by molar-refractivity contribution is 7.92. The van der Waals surface area contributed by atoms with Gasteiger partial charge in [0.25, 0.3) is 10.0 Å². The molecule has 1 N–H and O–H groups in total. The minimum atomic E-state index is -4.36. The minimum Gasteiger partial charge on any atom is -0.350 e. The third kappa shape index (κ3) is 7.71. The van der Waals surface area contributed by atoms with E-state index in [-0.39, 0.29) is 22.2 Å². The van der Waals surface area contributed by atoms with E-state index >= 15 is 0 Å². The van der Waals surface area contributed by atoms with Gasteiger partial charge < -0.3 is 10.2 Å². The average molecular weight is 595 g/mol. The molecule has 0 heterocycles. The number of halogens is 3. The normalized spacial score (nSPS) is 12.5. The fourth-order valence-electron chi connectivity index (χ4n) is 3.78. The van der Waals surface area contributed by atoms with E-state index < -0.39 is 45.8 Å². The Morgan fingerprint density at radius 2 is 1.56 bits per heavy atom. The molecule has 0 aliphatic heterocycles. The lowest BCUT2D eigenvalue weighted by Crippen LogP contribution is -2.54. The number of carbonyl (C=O) groups is 2. The maximum Gasteiger partial charge on any atom is 0.264 e. The molecule has 0 aliphatic rings. The molecule has 3 aromatic carbocycles. The maximum atomic E-state index is 14.9. The van der Waals surface area contributed by atoms with Crippen LogP contribution in [0.15, 0.2) is 77.7 Å². The first kappa shape index (κ1) is 30.4. The van der Waals surface area contributed by atoms with Crippen LogP contribution in [0, 0.1) is 5.82 Å². The van der Waals surface area contributed by atoms with Crippen LogP contribution in [0.1, 0.15) is 33.3 Å². The second-order valence-corrected chi connectivity index (χ2v) is 12.6. The SMILES string of the molecule is C[C@H](C(=O)NC(C)(C)C)N(Cc1ccc(Cl)c(Cl)c1)C(=O)CN(c1ccccc1F)S(=O)(=O)c1ccccc1. The smallest absolute Gasteiger partial charge is 0.264 e. The zero-order valence-corrected chi connectivity index (χ0v) is 24.3. The summed E-state index contributed by atoms with van der Waals surface area (Å²) < 4.78 is 42.9. The van der Waals surface area contributed by atoms with Gasteiger partial charge in [-0.15, -0.1) is 0 Å². The van der Waals surface area contributed by atoms with Crippen LogP contribution in [0.5, 0.6) is 0 Å². The van der Waals surface area contributed by atoms with Crippen molar-refractivity contribution >= 4 is 50.7 Å². The van der Waals surface area contributed by atoms with Crippen LogP contribution in [-0.2, 0) is 26.2 Å². The number of nitrogens with one attached hydrogen (secondary N) is 1. The molecule has 0 saturated carbocycles. The maximum absolute atomic E-state index is 14.9. The van der Waals surface area contributed by atoms with Crippen LogP contribution in [0.4, 0.5) is 10.1 Å². The lowest BCUT2D eigenvalue weighted by atomic mass is 10.1. The fraction of sp³-hybridized carbons (Fsp3) is 0.286. The number of anilines is 1. The summed E-state index contributed by atoms with van der Waals surface area (Å²) in [5, 5.41) is 3.41. The molecule has 0 aromatic heterocycles. The van der Waals surface area contributed by atoms with Gasteiger partial charge in [-0.05, 0) is 69.7 Å². The lowest BCUT2D eigenvalue weighted by Gasteiger charge is -2.33. The number of para-hydroxylation sites is 1.